The zero-order valence-corrected chi connectivity index (χ0v) is 14.8. The number of benzene rings is 2. The Hall–Kier alpha value is -2.37. The molecule has 0 atom stereocenters. The van der Waals surface area contributed by atoms with Crippen LogP contribution in [0.2, 0.25) is 0 Å². The molecule has 0 amide bonds. The molecule has 1 fully saturated rings. The molecule has 2 aromatic heterocycles. The largest absolute Gasteiger partial charge is 0.361 e. The van der Waals surface area contributed by atoms with E-state index in [1.54, 1.807) is 11.3 Å². The second-order valence-electron chi connectivity index (χ2n) is 6.59. The molecule has 4 nitrogen and oxygen atoms in total. The monoisotopic (exact) mass is 348 g/mol. The fourth-order valence-electron chi connectivity index (χ4n) is 3.60. The summed E-state index contributed by atoms with van der Waals surface area (Å²) in [6, 6.07) is 17.0. The predicted molar refractivity (Wildman–Crippen MR) is 105 cm³/mol. The number of fused-ring (bicyclic) bond motifs is 2. The molecule has 25 heavy (non-hydrogen) atoms. The van der Waals surface area contributed by atoms with Gasteiger partial charge in [0.15, 0.2) is 5.13 Å². The number of para-hydroxylation sites is 2. The lowest BCUT2D eigenvalue weighted by molar-refractivity contribution is 0.250. The molecule has 5 rings (SSSR count). The molecule has 2 aromatic carbocycles. The Balaban J connectivity index is 1.28. The Morgan fingerprint density at radius 1 is 0.960 bits per heavy atom. The van der Waals surface area contributed by atoms with Crippen molar-refractivity contribution < 1.29 is 0 Å². The van der Waals surface area contributed by atoms with Gasteiger partial charge in [0.1, 0.15) is 0 Å². The summed E-state index contributed by atoms with van der Waals surface area (Å²) in [7, 11) is 0. The third kappa shape index (κ3) is 2.79. The number of piperazine rings is 1. The number of aromatic amines is 1. The van der Waals surface area contributed by atoms with Gasteiger partial charge in [0, 0.05) is 49.8 Å². The third-order valence-electron chi connectivity index (χ3n) is 4.99. The number of aromatic nitrogens is 2. The molecule has 3 heterocycles. The maximum absolute atomic E-state index is 4.80. The van der Waals surface area contributed by atoms with E-state index in [2.05, 4.69) is 69.5 Å². The van der Waals surface area contributed by atoms with Crippen LogP contribution in [-0.2, 0) is 6.54 Å². The number of hydrogen-bond acceptors (Lipinski definition) is 4. The van der Waals surface area contributed by atoms with Crippen LogP contribution in [0.3, 0.4) is 0 Å². The second-order valence-corrected chi connectivity index (χ2v) is 7.60. The minimum absolute atomic E-state index is 1.01. The number of anilines is 1. The van der Waals surface area contributed by atoms with Gasteiger partial charge >= 0.3 is 0 Å². The summed E-state index contributed by atoms with van der Waals surface area (Å²) in [5.41, 5.74) is 3.73. The maximum Gasteiger partial charge on any atom is 0.186 e. The fraction of sp³-hybridized carbons (Fsp3) is 0.250. The van der Waals surface area contributed by atoms with E-state index in [0.717, 1.165) is 43.4 Å². The van der Waals surface area contributed by atoms with Gasteiger partial charge in [-0.2, -0.15) is 0 Å². The molecular formula is C20H20N4S. The van der Waals surface area contributed by atoms with Gasteiger partial charge in [-0.3, -0.25) is 4.90 Å². The molecule has 1 aliphatic rings. The van der Waals surface area contributed by atoms with Crippen molar-refractivity contribution >= 4 is 37.6 Å². The van der Waals surface area contributed by atoms with Gasteiger partial charge in [-0.05, 0) is 23.8 Å². The smallest absolute Gasteiger partial charge is 0.186 e. The fourth-order valence-corrected chi connectivity index (χ4v) is 4.61. The van der Waals surface area contributed by atoms with E-state index in [-0.39, 0.29) is 0 Å². The highest BCUT2D eigenvalue weighted by molar-refractivity contribution is 7.22. The number of hydrogen-bond donors (Lipinski definition) is 1. The Morgan fingerprint density at radius 2 is 1.76 bits per heavy atom. The van der Waals surface area contributed by atoms with Crippen LogP contribution in [0.1, 0.15) is 5.56 Å². The average Bonchev–Trinajstić information content (AvgIpc) is 3.27. The van der Waals surface area contributed by atoms with Gasteiger partial charge in [0.05, 0.1) is 10.2 Å². The first kappa shape index (κ1) is 14.9. The molecule has 0 unspecified atom stereocenters. The summed E-state index contributed by atoms with van der Waals surface area (Å²) in [5, 5.41) is 2.50. The van der Waals surface area contributed by atoms with Crippen molar-refractivity contribution in [1.82, 2.24) is 14.9 Å². The SMILES string of the molecule is c1ccc2sc(N3CCN(Cc4c[nH]c5ccccc45)CC3)nc2c1. The summed E-state index contributed by atoms with van der Waals surface area (Å²) in [6.07, 6.45) is 2.16. The van der Waals surface area contributed by atoms with E-state index in [1.165, 1.54) is 21.2 Å². The highest BCUT2D eigenvalue weighted by atomic mass is 32.1. The predicted octanol–water partition coefficient (Wildman–Crippen LogP) is 4.10. The number of nitrogens with one attached hydrogen (secondary N) is 1. The lowest BCUT2D eigenvalue weighted by Gasteiger charge is -2.34. The molecule has 0 radical (unpaired) electrons. The second kappa shape index (κ2) is 6.17. The summed E-state index contributed by atoms with van der Waals surface area (Å²) in [5.74, 6) is 0. The minimum Gasteiger partial charge on any atom is -0.361 e. The molecule has 1 saturated heterocycles. The van der Waals surface area contributed by atoms with Crippen molar-refractivity contribution in [3.63, 3.8) is 0 Å². The Bertz CT molecular complexity index is 978. The molecule has 5 heteroatoms. The molecule has 126 valence electrons. The van der Waals surface area contributed by atoms with E-state index in [0.29, 0.717) is 0 Å². The van der Waals surface area contributed by atoms with Crippen molar-refractivity contribution in [2.75, 3.05) is 31.1 Å². The van der Waals surface area contributed by atoms with Gasteiger partial charge in [-0.1, -0.05) is 41.7 Å². The van der Waals surface area contributed by atoms with Crippen molar-refractivity contribution in [2.24, 2.45) is 0 Å². The number of thiazole rings is 1. The van der Waals surface area contributed by atoms with Gasteiger partial charge in [0.25, 0.3) is 0 Å². The summed E-state index contributed by atoms with van der Waals surface area (Å²) >= 11 is 1.80. The molecule has 0 bridgehead atoms. The lowest BCUT2D eigenvalue weighted by Crippen LogP contribution is -2.45. The van der Waals surface area contributed by atoms with Crippen LogP contribution in [0, 0.1) is 0 Å². The lowest BCUT2D eigenvalue weighted by atomic mass is 10.1. The van der Waals surface area contributed by atoms with E-state index < -0.39 is 0 Å². The normalized spacial score (nSPS) is 16.1. The molecule has 0 spiro atoms. The van der Waals surface area contributed by atoms with E-state index in [1.807, 2.05) is 0 Å². The summed E-state index contributed by atoms with van der Waals surface area (Å²) in [4.78, 5) is 13.1. The van der Waals surface area contributed by atoms with Crippen LogP contribution in [0.15, 0.2) is 54.7 Å². The van der Waals surface area contributed by atoms with Crippen molar-refractivity contribution in [3.8, 4) is 0 Å². The van der Waals surface area contributed by atoms with Crippen LogP contribution in [-0.4, -0.2) is 41.0 Å². The maximum atomic E-state index is 4.80. The summed E-state index contributed by atoms with van der Waals surface area (Å²) < 4.78 is 1.28. The molecule has 0 aliphatic carbocycles. The van der Waals surface area contributed by atoms with Gasteiger partial charge < -0.3 is 9.88 Å². The van der Waals surface area contributed by atoms with Gasteiger partial charge in [-0.15, -0.1) is 0 Å². The zero-order chi connectivity index (χ0) is 16.6. The summed E-state index contributed by atoms with van der Waals surface area (Å²) in [6.45, 7) is 5.26. The van der Waals surface area contributed by atoms with Crippen LogP contribution < -0.4 is 4.90 Å². The van der Waals surface area contributed by atoms with Gasteiger partial charge in [-0.25, -0.2) is 4.98 Å². The Labute approximate surface area is 150 Å². The highest BCUT2D eigenvalue weighted by Gasteiger charge is 2.20. The number of H-pyrrole nitrogens is 1. The van der Waals surface area contributed by atoms with E-state index >= 15 is 0 Å². The zero-order valence-electron chi connectivity index (χ0n) is 14.0. The van der Waals surface area contributed by atoms with Crippen molar-refractivity contribution in [2.45, 2.75) is 6.54 Å². The van der Waals surface area contributed by atoms with Crippen LogP contribution in [0.5, 0.6) is 0 Å². The van der Waals surface area contributed by atoms with Crippen molar-refractivity contribution in [3.05, 3.63) is 60.3 Å². The molecule has 1 aliphatic heterocycles. The minimum atomic E-state index is 1.01. The molecule has 1 N–H and O–H groups in total. The first-order valence-electron chi connectivity index (χ1n) is 8.75. The first-order valence-corrected chi connectivity index (χ1v) is 9.56. The number of nitrogens with zero attached hydrogens (tertiary/aromatic N) is 3. The van der Waals surface area contributed by atoms with Crippen molar-refractivity contribution in [1.29, 1.82) is 0 Å². The van der Waals surface area contributed by atoms with E-state index in [9.17, 15) is 0 Å². The standard InChI is InChI=1S/C20H20N4S/c1-2-6-17-16(5-1)15(13-21-17)14-23-9-11-24(12-10-23)20-22-18-7-3-4-8-19(18)25-20/h1-8,13,21H,9-12,14H2. The Kier molecular flexibility index (Phi) is 3.68. The quantitative estimate of drug-likeness (QED) is 0.605. The highest BCUT2D eigenvalue weighted by Crippen LogP contribution is 2.29. The average molecular weight is 348 g/mol. The molecule has 4 aromatic rings. The van der Waals surface area contributed by atoms with E-state index in [4.69, 9.17) is 4.98 Å². The van der Waals surface area contributed by atoms with Crippen LogP contribution in [0.4, 0.5) is 5.13 Å². The van der Waals surface area contributed by atoms with Crippen LogP contribution >= 0.6 is 11.3 Å². The van der Waals surface area contributed by atoms with Gasteiger partial charge in [0.2, 0.25) is 0 Å². The first-order chi connectivity index (χ1) is 12.4. The molecular weight excluding hydrogens is 328 g/mol. The molecule has 0 saturated carbocycles. The number of rotatable bonds is 3. The van der Waals surface area contributed by atoms with Crippen LogP contribution in [0.25, 0.3) is 21.1 Å². The Morgan fingerprint density at radius 3 is 2.64 bits per heavy atom. The topological polar surface area (TPSA) is 35.2 Å². The third-order valence-corrected chi connectivity index (χ3v) is 6.09.